The van der Waals surface area contributed by atoms with Gasteiger partial charge >= 0.3 is 0 Å². The number of rotatable bonds is 11. The van der Waals surface area contributed by atoms with Crippen molar-refractivity contribution in [2.45, 2.75) is 57.3 Å². The fourth-order valence-corrected chi connectivity index (χ4v) is 10.6. The van der Waals surface area contributed by atoms with Gasteiger partial charge in [0.25, 0.3) is 11.5 Å². The fourth-order valence-electron chi connectivity index (χ4n) is 10.6. The van der Waals surface area contributed by atoms with Gasteiger partial charge in [-0.05, 0) is 86.7 Å². The molecular formula is C46H54N8O7. The lowest BCUT2D eigenvalue weighted by molar-refractivity contribution is -0.136. The van der Waals surface area contributed by atoms with Gasteiger partial charge in [-0.15, -0.1) is 0 Å². The van der Waals surface area contributed by atoms with E-state index in [9.17, 15) is 19.2 Å². The number of aromatic amines is 1. The molecule has 4 aromatic rings. The predicted octanol–water partition coefficient (Wildman–Crippen LogP) is 3.63. The highest BCUT2D eigenvalue weighted by Gasteiger charge is 2.46. The minimum atomic E-state index is -0.596. The second kappa shape index (κ2) is 15.1. The summed E-state index contributed by atoms with van der Waals surface area (Å²) in [4.78, 5) is 69.2. The van der Waals surface area contributed by atoms with E-state index < -0.39 is 6.04 Å². The maximum absolute atomic E-state index is 13.4. The lowest BCUT2D eigenvalue weighted by Crippen LogP contribution is -2.61. The average molecular weight is 831 g/mol. The molecule has 8 heterocycles. The summed E-state index contributed by atoms with van der Waals surface area (Å²) in [6.45, 7) is 12.0. The molecule has 320 valence electrons. The lowest BCUT2D eigenvalue weighted by atomic mass is 9.71. The molecule has 1 atom stereocenters. The Morgan fingerprint density at radius 2 is 1.59 bits per heavy atom. The van der Waals surface area contributed by atoms with E-state index in [2.05, 4.69) is 47.9 Å². The van der Waals surface area contributed by atoms with Crippen molar-refractivity contribution >= 4 is 40.0 Å². The molecule has 2 N–H and O–H groups in total. The summed E-state index contributed by atoms with van der Waals surface area (Å²) in [6.07, 6.45) is 6.38. The molecule has 1 spiro atoms. The van der Waals surface area contributed by atoms with Crippen molar-refractivity contribution in [1.29, 1.82) is 0 Å². The van der Waals surface area contributed by atoms with E-state index in [1.54, 1.807) is 38.6 Å². The van der Waals surface area contributed by atoms with Crippen LogP contribution in [0.25, 0.3) is 21.9 Å². The third-order valence-corrected chi connectivity index (χ3v) is 14.3. The van der Waals surface area contributed by atoms with Crippen molar-refractivity contribution in [2.24, 2.45) is 11.3 Å². The number of nitrogens with zero attached hydrogens (tertiary/aromatic N) is 6. The molecule has 0 aliphatic carbocycles. The second-order valence-corrected chi connectivity index (χ2v) is 18.4. The van der Waals surface area contributed by atoms with E-state index in [4.69, 9.17) is 14.2 Å². The third kappa shape index (κ3) is 7.09. The van der Waals surface area contributed by atoms with Crippen LogP contribution in [0.1, 0.15) is 54.1 Å². The highest BCUT2D eigenvalue weighted by Crippen LogP contribution is 2.44. The summed E-state index contributed by atoms with van der Waals surface area (Å²) < 4.78 is 17.6. The van der Waals surface area contributed by atoms with Crippen molar-refractivity contribution in [2.75, 3.05) is 90.0 Å². The molecule has 1 unspecified atom stereocenters. The number of aromatic nitrogens is 2. The van der Waals surface area contributed by atoms with E-state index in [-0.39, 0.29) is 35.3 Å². The van der Waals surface area contributed by atoms with Crippen LogP contribution >= 0.6 is 0 Å². The minimum absolute atomic E-state index is 0.122. The number of piperidine rings is 2. The Bertz CT molecular complexity index is 2450. The van der Waals surface area contributed by atoms with Gasteiger partial charge in [0, 0.05) is 112 Å². The Balaban J connectivity index is 0.730. The number of imide groups is 1. The van der Waals surface area contributed by atoms with E-state index in [0.29, 0.717) is 35.2 Å². The Labute approximate surface area is 354 Å². The number of nitrogens with one attached hydrogen (secondary N) is 2. The quantitative estimate of drug-likeness (QED) is 0.213. The summed E-state index contributed by atoms with van der Waals surface area (Å²) in [5.74, 6) is 2.15. The van der Waals surface area contributed by atoms with E-state index in [1.807, 2.05) is 30.3 Å². The number of carbonyl (C=O) groups excluding carboxylic acids is 3. The normalized spacial score (nSPS) is 22.5. The first kappa shape index (κ1) is 39.6. The van der Waals surface area contributed by atoms with Gasteiger partial charge in [-0.3, -0.25) is 29.4 Å². The van der Waals surface area contributed by atoms with Crippen molar-refractivity contribution in [3.63, 3.8) is 0 Å². The predicted molar refractivity (Wildman–Crippen MR) is 230 cm³/mol. The Hall–Kier alpha value is -5.51. The molecule has 15 nitrogen and oxygen atoms in total. The van der Waals surface area contributed by atoms with Crippen molar-refractivity contribution < 1.29 is 28.6 Å². The van der Waals surface area contributed by atoms with Gasteiger partial charge in [-0.2, -0.15) is 0 Å². The Morgan fingerprint density at radius 3 is 2.28 bits per heavy atom. The van der Waals surface area contributed by atoms with E-state index >= 15 is 0 Å². The maximum Gasteiger partial charge on any atom is 0.257 e. The van der Waals surface area contributed by atoms with Gasteiger partial charge in [0.15, 0.2) is 0 Å². The number of H-pyrrole nitrogens is 1. The molecule has 2 aromatic heterocycles. The van der Waals surface area contributed by atoms with Crippen LogP contribution in [0.3, 0.4) is 0 Å². The van der Waals surface area contributed by atoms with Crippen molar-refractivity contribution in [1.82, 2.24) is 30.0 Å². The third-order valence-electron chi connectivity index (χ3n) is 14.3. The zero-order chi connectivity index (χ0) is 42.2. The molecule has 15 heteroatoms. The monoisotopic (exact) mass is 830 g/mol. The van der Waals surface area contributed by atoms with E-state index in [1.165, 1.54) is 12.8 Å². The summed E-state index contributed by atoms with van der Waals surface area (Å²) in [5.41, 5.74) is 5.38. The highest BCUT2D eigenvalue weighted by atomic mass is 16.5. The highest BCUT2D eigenvalue weighted by molar-refractivity contribution is 6.05. The molecule has 0 saturated carbocycles. The molecule has 61 heavy (non-hydrogen) atoms. The largest absolute Gasteiger partial charge is 0.496 e. The molecule has 2 aromatic carbocycles. The maximum atomic E-state index is 13.4. The number of amides is 3. The summed E-state index contributed by atoms with van der Waals surface area (Å²) >= 11 is 0. The van der Waals surface area contributed by atoms with Crippen LogP contribution < -0.4 is 30.1 Å². The van der Waals surface area contributed by atoms with Crippen LogP contribution in [0.15, 0.2) is 53.6 Å². The molecule has 5 fully saturated rings. The van der Waals surface area contributed by atoms with Crippen molar-refractivity contribution in [3.05, 3.63) is 75.8 Å². The first-order chi connectivity index (χ1) is 29.4. The lowest BCUT2D eigenvalue weighted by Gasteiger charge is -2.55. The molecule has 5 saturated heterocycles. The number of anilines is 2. The zero-order valence-electron chi connectivity index (χ0n) is 35.4. The number of ether oxygens (including phenoxy) is 3. The molecule has 0 bridgehead atoms. The number of pyridine rings is 2. The van der Waals surface area contributed by atoms with Crippen LogP contribution in [0.4, 0.5) is 11.5 Å². The second-order valence-electron chi connectivity index (χ2n) is 18.4. The molecule has 6 aliphatic rings. The SMILES string of the molecule is COc1cc(-c2c[nH]c(=O)c3cnc(N4CC(C)(OC)C4)cc23)cc(OC)c1CN1CC(CN2CCC3(CC2)CN(c2ccc4c(c2)C(=O)N(C2CCC(=O)NC2=O)C4)C3)C1. The molecule has 10 rings (SSSR count). The van der Waals surface area contributed by atoms with Gasteiger partial charge in [0.2, 0.25) is 11.8 Å². The van der Waals surface area contributed by atoms with Crippen LogP contribution in [0, 0.1) is 11.3 Å². The van der Waals surface area contributed by atoms with Gasteiger partial charge in [0.1, 0.15) is 23.4 Å². The number of benzene rings is 2. The van der Waals surface area contributed by atoms with Gasteiger partial charge in [-0.1, -0.05) is 6.07 Å². The minimum Gasteiger partial charge on any atom is -0.496 e. The molecule has 0 radical (unpaired) electrons. The number of methoxy groups -OCH3 is 3. The number of hydrogen-bond donors (Lipinski definition) is 2. The standard InChI is InChI=1S/C46H54N8O7/c1-45(61-4)24-53(25-45)40-16-33-34(17-48-42(56)35(33)18-47-40)30-13-38(59-2)36(39(14-30)60-3)23-51-20-28(21-51)19-50-11-9-46(10-12-50)26-52(27-46)31-6-5-29-22-54(44(58)32(29)15-31)37-7-8-41(55)49-43(37)57/h5-6,13-18,28,37H,7-12,19-27H2,1-4H3,(H,48,56)(H,49,55,57). The number of carbonyl (C=O) groups is 3. The van der Waals surface area contributed by atoms with E-state index in [0.717, 1.165) is 116 Å². The first-order valence-electron chi connectivity index (χ1n) is 21.5. The van der Waals surface area contributed by atoms with Crippen LogP contribution in [0.5, 0.6) is 11.5 Å². The van der Waals surface area contributed by atoms with Crippen LogP contribution in [-0.2, 0) is 27.4 Å². The van der Waals surface area contributed by atoms with Gasteiger partial charge in [-0.25, -0.2) is 4.98 Å². The molecular weight excluding hydrogens is 777 g/mol. The number of likely N-dealkylation sites (tertiary alicyclic amines) is 2. The van der Waals surface area contributed by atoms with Crippen LogP contribution in [0.2, 0.25) is 0 Å². The fraction of sp³-hybridized carbons (Fsp3) is 0.500. The summed E-state index contributed by atoms with van der Waals surface area (Å²) in [6, 6.07) is 11.6. The number of hydrogen-bond acceptors (Lipinski definition) is 12. The summed E-state index contributed by atoms with van der Waals surface area (Å²) in [7, 11) is 5.12. The van der Waals surface area contributed by atoms with Gasteiger partial charge < -0.3 is 38.8 Å². The average Bonchev–Trinajstić information content (AvgIpc) is 3.55. The van der Waals surface area contributed by atoms with Crippen LogP contribution in [-0.4, -0.2) is 134 Å². The smallest absolute Gasteiger partial charge is 0.257 e. The Morgan fingerprint density at radius 1 is 0.852 bits per heavy atom. The molecule has 3 amide bonds. The van der Waals surface area contributed by atoms with Crippen molar-refractivity contribution in [3.8, 4) is 22.6 Å². The molecule has 6 aliphatic heterocycles. The summed E-state index contributed by atoms with van der Waals surface area (Å²) in [5, 5.41) is 3.73. The first-order valence-corrected chi connectivity index (χ1v) is 21.5. The van der Waals surface area contributed by atoms with Gasteiger partial charge in [0.05, 0.1) is 30.8 Å². The Kier molecular flexibility index (Phi) is 9.83. The number of fused-ring (bicyclic) bond motifs is 2. The zero-order valence-corrected chi connectivity index (χ0v) is 35.4. The topological polar surface area (TPSA) is 153 Å².